The van der Waals surface area contributed by atoms with E-state index >= 15 is 0 Å². The molecule has 2 aromatic rings. The molecular formula is C23H26BrN3O5S. The maximum Gasteiger partial charge on any atom is 0.269 e. The van der Waals surface area contributed by atoms with Crippen LogP contribution in [0, 0.1) is 5.92 Å². The maximum atomic E-state index is 13.3. The number of halogens is 1. The van der Waals surface area contributed by atoms with Gasteiger partial charge in [0, 0.05) is 17.6 Å². The first-order valence-corrected chi connectivity index (χ1v) is 12.7. The molecule has 8 nitrogen and oxygen atoms in total. The molecule has 0 unspecified atom stereocenters. The highest BCUT2D eigenvalue weighted by atomic mass is 79.9. The van der Waals surface area contributed by atoms with E-state index in [9.17, 15) is 22.8 Å². The van der Waals surface area contributed by atoms with Crippen LogP contribution in [0.2, 0.25) is 0 Å². The topological polar surface area (TPSA) is 104 Å². The molecule has 3 rings (SSSR count). The smallest absolute Gasteiger partial charge is 0.269 e. The Balaban J connectivity index is 1.86. The molecule has 0 saturated heterocycles. The zero-order chi connectivity index (χ0) is 24.3. The second-order valence-electron chi connectivity index (χ2n) is 8.28. The number of carbonyl (C=O) groups excluding carboxylic acids is 3. The highest BCUT2D eigenvalue weighted by Crippen LogP contribution is 2.30. The van der Waals surface area contributed by atoms with Crippen LogP contribution in [0.25, 0.3) is 0 Å². The lowest BCUT2D eigenvalue weighted by molar-refractivity contribution is -0.140. The molecule has 0 bridgehead atoms. The molecule has 0 aromatic heterocycles. The average Bonchev–Trinajstić information content (AvgIpc) is 2.97. The minimum atomic E-state index is -4.14. The van der Waals surface area contributed by atoms with Gasteiger partial charge in [0.05, 0.1) is 5.56 Å². The predicted octanol–water partition coefficient (Wildman–Crippen LogP) is 2.78. The molecule has 1 N–H and O–H groups in total. The van der Waals surface area contributed by atoms with Crippen molar-refractivity contribution >= 4 is 43.7 Å². The summed E-state index contributed by atoms with van der Waals surface area (Å²) < 4.78 is 27.2. The van der Waals surface area contributed by atoms with Crippen LogP contribution >= 0.6 is 15.9 Å². The van der Waals surface area contributed by atoms with E-state index < -0.39 is 34.4 Å². The summed E-state index contributed by atoms with van der Waals surface area (Å²) in [4.78, 5) is 40.0. The lowest BCUT2D eigenvalue weighted by Gasteiger charge is -2.30. The Morgan fingerprint density at radius 3 is 2.30 bits per heavy atom. The first-order valence-electron chi connectivity index (χ1n) is 10.5. The minimum absolute atomic E-state index is 0.0347. The second-order valence-corrected chi connectivity index (χ2v) is 11.0. The molecule has 1 atom stereocenters. The van der Waals surface area contributed by atoms with Crippen LogP contribution in [-0.4, -0.2) is 54.5 Å². The van der Waals surface area contributed by atoms with Crippen LogP contribution in [0.5, 0.6) is 0 Å². The van der Waals surface area contributed by atoms with Gasteiger partial charge in [0.25, 0.3) is 15.9 Å². The average molecular weight is 536 g/mol. The molecule has 1 aliphatic heterocycles. The van der Waals surface area contributed by atoms with Gasteiger partial charge in [-0.05, 0) is 42.7 Å². The molecule has 1 aliphatic rings. The van der Waals surface area contributed by atoms with Gasteiger partial charge in [-0.3, -0.25) is 14.4 Å². The highest BCUT2D eigenvalue weighted by molar-refractivity contribution is 9.10. The molecule has 0 spiro atoms. The number of benzene rings is 2. The molecule has 2 aromatic carbocycles. The van der Waals surface area contributed by atoms with Gasteiger partial charge in [-0.1, -0.05) is 54.0 Å². The third kappa shape index (κ3) is 5.44. The standard InChI is InChI=1S/C23H26BrN3O5S/c1-15(2)12-25-22(29)16(3)26(13-17-8-10-18(24)11-9-17)21(28)14-27-23(30)19-6-4-5-7-20(19)33(27,31)32/h4-11,15-16H,12-14H2,1-3H3,(H,25,29)/t16-/m1/s1. The first-order chi connectivity index (χ1) is 15.5. The Bertz CT molecular complexity index is 1160. The normalized spacial score (nSPS) is 15.3. The first kappa shape index (κ1) is 24.9. The Morgan fingerprint density at radius 2 is 1.70 bits per heavy atom. The quantitative estimate of drug-likeness (QED) is 0.559. The van der Waals surface area contributed by atoms with Crippen molar-refractivity contribution < 1.29 is 22.8 Å². The molecule has 1 heterocycles. The Labute approximate surface area is 202 Å². The zero-order valence-electron chi connectivity index (χ0n) is 18.6. The van der Waals surface area contributed by atoms with Gasteiger partial charge in [-0.2, -0.15) is 0 Å². The van der Waals surface area contributed by atoms with Crippen molar-refractivity contribution in [3.63, 3.8) is 0 Å². The van der Waals surface area contributed by atoms with Gasteiger partial charge in [-0.25, -0.2) is 12.7 Å². The molecule has 0 radical (unpaired) electrons. The van der Waals surface area contributed by atoms with E-state index in [0.29, 0.717) is 10.8 Å². The predicted molar refractivity (Wildman–Crippen MR) is 127 cm³/mol. The monoisotopic (exact) mass is 535 g/mol. The largest absolute Gasteiger partial charge is 0.354 e. The van der Waals surface area contributed by atoms with Crippen molar-refractivity contribution in [2.75, 3.05) is 13.1 Å². The SMILES string of the molecule is CC(C)CNC(=O)[C@@H](C)N(Cc1ccc(Br)cc1)C(=O)CN1C(=O)c2ccccc2S1(=O)=O. The van der Waals surface area contributed by atoms with Crippen molar-refractivity contribution in [3.05, 3.63) is 64.1 Å². The lowest BCUT2D eigenvalue weighted by Crippen LogP contribution is -2.51. The van der Waals surface area contributed by atoms with Crippen LogP contribution in [0.3, 0.4) is 0 Å². The number of nitrogens with zero attached hydrogens (tertiary/aromatic N) is 2. The van der Waals surface area contributed by atoms with Crippen LogP contribution in [0.4, 0.5) is 0 Å². The van der Waals surface area contributed by atoms with Crippen molar-refractivity contribution in [3.8, 4) is 0 Å². The highest BCUT2D eigenvalue weighted by Gasteiger charge is 2.43. The van der Waals surface area contributed by atoms with E-state index in [0.717, 1.165) is 10.0 Å². The summed E-state index contributed by atoms with van der Waals surface area (Å²) in [7, 11) is -4.14. The van der Waals surface area contributed by atoms with Crippen LogP contribution < -0.4 is 5.32 Å². The van der Waals surface area contributed by atoms with Crippen LogP contribution in [0.15, 0.2) is 57.9 Å². The summed E-state index contributed by atoms with van der Waals surface area (Å²) in [5.41, 5.74) is 0.793. The van der Waals surface area contributed by atoms with E-state index in [2.05, 4.69) is 21.2 Å². The summed E-state index contributed by atoms with van der Waals surface area (Å²) in [6.45, 7) is 5.33. The number of fused-ring (bicyclic) bond motifs is 1. The van der Waals surface area contributed by atoms with Gasteiger partial charge in [0.15, 0.2) is 0 Å². The summed E-state index contributed by atoms with van der Waals surface area (Å²) in [5, 5.41) is 2.81. The molecule has 176 valence electrons. The molecule has 0 saturated carbocycles. The van der Waals surface area contributed by atoms with Crippen molar-refractivity contribution in [1.82, 2.24) is 14.5 Å². The van der Waals surface area contributed by atoms with E-state index in [1.54, 1.807) is 25.1 Å². The minimum Gasteiger partial charge on any atom is -0.354 e. The Hall–Kier alpha value is -2.72. The van der Waals surface area contributed by atoms with E-state index in [4.69, 9.17) is 0 Å². The Kier molecular flexibility index (Phi) is 7.58. The number of hydrogen-bond acceptors (Lipinski definition) is 5. The number of sulfonamides is 1. The Morgan fingerprint density at radius 1 is 1.06 bits per heavy atom. The fourth-order valence-electron chi connectivity index (χ4n) is 3.42. The van der Waals surface area contributed by atoms with Crippen molar-refractivity contribution in [2.24, 2.45) is 5.92 Å². The van der Waals surface area contributed by atoms with Crippen LogP contribution in [0.1, 0.15) is 36.7 Å². The van der Waals surface area contributed by atoms with E-state index in [1.807, 2.05) is 26.0 Å². The van der Waals surface area contributed by atoms with Gasteiger partial charge in [0.2, 0.25) is 11.8 Å². The molecule has 33 heavy (non-hydrogen) atoms. The van der Waals surface area contributed by atoms with Gasteiger partial charge in [-0.15, -0.1) is 0 Å². The third-order valence-corrected chi connectivity index (χ3v) is 7.62. The number of hydrogen-bond donors (Lipinski definition) is 1. The fraction of sp³-hybridized carbons (Fsp3) is 0.348. The summed E-state index contributed by atoms with van der Waals surface area (Å²) in [6.07, 6.45) is 0. The second kappa shape index (κ2) is 10.0. The summed E-state index contributed by atoms with van der Waals surface area (Å²) in [5.74, 6) is -1.52. The van der Waals surface area contributed by atoms with Gasteiger partial charge in [0.1, 0.15) is 17.5 Å². The lowest BCUT2D eigenvalue weighted by atomic mass is 10.1. The fourth-order valence-corrected chi connectivity index (χ4v) is 5.21. The third-order valence-electron chi connectivity index (χ3n) is 5.31. The molecular weight excluding hydrogens is 510 g/mol. The molecule has 0 aliphatic carbocycles. The summed E-state index contributed by atoms with van der Waals surface area (Å²) >= 11 is 3.36. The molecule has 0 fully saturated rings. The van der Waals surface area contributed by atoms with Gasteiger partial charge < -0.3 is 10.2 Å². The number of carbonyl (C=O) groups is 3. The number of amides is 3. The van der Waals surface area contributed by atoms with Crippen LogP contribution in [-0.2, 0) is 26.2 Å². The van der Waals surface area contributed by atoms with E-state index in [1.165, 1.54) is 23.1 Å². The number of nitrogens with one attached hydrogen (secondary N) is 1. The van der Waals surface area contributed by atoms with Crippen molar-refractivity contribution in [2.45, 2.75) is 38.3 Å². The maximum absolute atomic E-state index is 13.3. The van der Waals surface area contributed by atoms with E-state index in [-0.39, 0.29) is 28.8 Å². The van der Waals surface area contributed by atoms with Crippen molar-refractivity contribution in [1.29, 1.82) is 0 Å². The molecule has 3 amide bonds. The molecule has 10 heteroatoms. The number of rotatable bonds is 8. The zero-order valence-corrected chi connectivity index (χ0v) is 21.0. The summed E-state index contributed by atoms with van der Waals surface area (Å²) in [6, 6.07) is 12.2. The van der Waals surface area contributed by atoms with Gasteiger partial charge >= 0.3 is 0 Å².